The standard InChI is InChI=1S/C48H54I9N9O18/c1-16(73)40(76)61-37-31(52)22(43(79)58-19(10-67)11-68)28(49)25(34(37)55)46(82)64-4-6-65(47(83)26-29(50)23(44(80)59-20(12-69)13-70)32(53)38(35(26)56)62-41(77)17(2)74)8-9-66(7-5-64)48(84)27-30(51)24(45(81)60-21(14-71)15-72)33(54)39(36(27)57)63-42(78)18(3)75/h16-21,67-75H,4-15H2,1-3H3,(H,58,79)(H,59,80)(H,60,81)(H,61,76)(H,62,77)(H,63,78)/t16-,17-,18-/m0/s1. The Hall–Kier alpha value is -0.900. The fraction of sp³-hybridized carbons (Fsp3) is 0.438. The van der Waals surface area contributed by atoms with E-state index in [1.165, 1.54) is 35.5 Å². The maximum Gasteiger partial charge on any atom is 0.256 e. The van der Waals surface area contributed by atoms with E-state index >= 15 is 14.4 Å². The van der Waals surface area contributed by atoms with Gasteiger partial charge in [-0.05, 0) is 224 Å². The molecule has 15 N–H and O–H groups in total. The van der Waals surface area contributed by atoms with E-state index in [4.69, 9.17) is 0 Å². The van der Waals surface area contributed by atoms with Crippen molar-refractivity contribution in [2.24, 2.45) is 0 Å². The van der Waals surface area contributed by atoms with Crippen LogP contribution in [0.4, 0.5) is 17.1 Å². The van der Waals surface area contributed by atoms with Crippen LogP contribution in [0.25, 0.3) is 0 Å². The molecule has 0 spiro atoms. The lowest BCUT2D eigenvalue weighted by Crippen LogP contribution is -2.44. The van der Waals surface area contributed by atoms with Gasteiger partial charge in [-0.3, -0.25) is 43.2 Å². The Morgan fingerprint density at radius 2 is 0.524 bits per heavy atom. The van der Waals surface area contributed by atoms with Crippen LogP contribution < -0.4 is 31.9 Å². The molecule has 0 unspecified atom stereocenters. The first-order chi connectivity index (χ1) is 39.4. The van der Waals surface area contributed by atoms with Crippen molar-refractivity contribution in [1.82, 2.24) is 30.7 Å². The number of carbonyl (C=O) groups excluding carboxylic acids is 9. The molecule has 0 bridgehead atoms. The molecule has 9 amide bonds. The van der Waals surface area contributed by atoms with Gasteiger partial charge in [0, 0.05) is 50.0 Å². The van der Waals surface area contributed by atoms with E-state index in [1.807, 2.05) is 0 Å². The minimum absolute atomic E-state index is 0.0183. The molecule has 0 radical (unpaired) electrons. The second kappa shape index (κ2) is 34.5. The van der Waals surface area contributed by atoms with Gasteiger partial charge in [0.2, 0.25) is 0 Å². The molecule has 3 atom stereocenters. The third-order valence-corrected chi connectivity index (χ3v) is 22.0. The summed E-state index contributed by atoms with van der Waals surface area (Å²) in [6, 6.07) is -3.49. The van der Waals surface area contributed by atoms with E-state index < -0.39 is 129 Å². The maximum atomic E-state index is 15.6. The molecule has 0 aliphatic carbocycles. The Morgan fingerprint density at radius 1 is 0.345 bits per heavy atom. The zero-order valence-electron chi connectivity index (χ0n) is 43.9. The van der Waals surface area contributed by atoms with E-state index in [0.29, 0.717) is 0 Å². The number of benzene rings is 3. The lowest BCUT2D eigenvalue weighted by molar-refractivity contribution is -0.123. The molecule has 1 fully saturated rings. The fourth-order valence-corrected chi connectivity index (χ4v) is 20.7. The van der Waals surface area contributed by atoms with Crippen molar-refractivity contribution in [3.8, 4) is 0 Å². The average Bonchev–Trinajstić information content (AvgIpc) is 1.18. The highest BCUT2D eigenvalue weighted by atomic mass is 127. The number of nitrogens with one attached hydrogen (secondary N) is 6. The first-order valence-corrected chi connectivity index (χ1v) is 34.2. The Labute approximate surface area is 602 Å². The SMILES string of the molecule is C[C@H](O)C(=O)Nc1c(I)c(C(=O)NC(CO)CO)c(I)c(C(=O)N2CCN(C(=O)c3c(I)c(NC(=O)[C@H](C)O)c(I)c(C(=O)NC(CO)CO)c3I)CCN(C(=O)c3c(I)c(NC(=O)[C@H](C)O)c(I)c(C(=O)NC(CO)CO)c3I)CC2)c1I. The van der Waals surface area contributed by atoms with Crippen LogP contribution in [0.3, 0.4) is 0 Å². The number of halogens is 9. The van der Waals surface area contributed by atoms with Crippen LogP contribution in [0.15, 0.2) is 0 Å². The smallest absolute Gasteiger partial charge is 0.256 e. The van der Waals surface area contributed by atoms with Crippen LogP contribution in [0.5, 0.6) is 0 Å². The summed E-state index contributed by atoms with van der Waals surface area (Å²) in [5.41, 5.74) is -1.30. The largest absolute Gasteiger partial charge is 0.394 e. The van der Waals surface area contributed by atoms with Crippen molar-refractivity contribution in [2.45, 2.75) is 57.2 Å². The molecule has 3 aromatic rings. The van der Waals surface area contributed by atoms with Gasteiger partial charge in [0.25, 0.3) is 53.2 Å². The Morgan fingerprint density at radius 3 is 0.690 bits per heavy atom. The molecule has 36 heteroatoms. The average molecular weight is 2190 g/mol. The van der Waals surface area contributed by atoms with Crippen LogP contribution in [-0.4, -0.2) is 229 Å². The number of hydrogen-bond donors (Lipinski definition) is 15. The van der Waals surface area contributed by atoms with Gasteiger partial charge >= 0.3 is 0 Å². The highest BCUT2D eigenvalue weighted by Crippen LogP contribution is 2.40. The van der Waals surface area contributed by atoms with E-state index in [2.05, 4.69) is 31.9 Å². The third-order valence-electron chi connectivity index (χ3n) is 12.3. The topological polar surface area (TPSA) is 418 Å². The molecule has 1 saturated heterocycles. The van der Waals surface area contributed by atoms with E-state index in [9.17, 15) is 74.7 Å². The van der Waals surface area contributed by atoms with Crippen molar-refractivity contribution >= 4 is 274 Å². The molecule has 27 nitrogen and oxygen atoms in total. The maximum absolute atomic E-state index is 15.6. The van der Waals surface area contributed by atoms with Gasteiger partial charge in [-0.15, -0.1) is 0 Å². The minimum Gasteiger partial charge on any atom is -0.394 e. The van der Waals surface area contributed by atoms with Gasteiger partial charge in [0.15, 0.2) is 0 Å². The molecular formula is C48H54I9N9O18. The molecule has 1 heterocycles. The molecule has 84 heavy (non-hydrogen) atoms. The normalized spacial score (nSPS) is 14.1. The molecule has 0 saturated carbocycles. The summed E-state index contributed by atoms with van der Waals surface area (Å²) in [6.45, 7) is -2.55. The molecule has 4 rings (SSSR count). The predicted octanol–water partition coefficient (Wildman–Crippen LogP) is 1.08. The summed E-state index contributed by atoms with van der Waals surface area (Å²) in [5, 5.41) is 105. The van der Waals surface area contributed by atoms with Crippen molar-refractivity contribution in [2.75, 3.05) is 94.9 Å². The predicted molar refractivity (Wildman–Crippen MR) is 379 cm³/mol. The lowest BCUT2D eigenvalue weighted by atomic mass is 10.1. The van der Waals surface area contributed by atoms with Gasteiger partial charge in [0.05, 0.1) is 130 Å². The number of carbonyl (C=O) groups is 9. The first kappa shape index (κ1) is 75.6. The zero-order chi connectivity index (χ0) is 63.5. The lowest BCUT2D eigenvalue weighted by Gasteiger charge is -2.29. The molecule has 0 aromatic heterocycles. The summed E-state index contributed by atoms with van der Waals surface area (Å²) in [4.78, 5) is 132. The third kappa shape index (κ3) is 18.0. The zero-order valence-corrected chi connectivity index (χ0v) is 63.3. The second-order valence-electron chi connectivity index (χ2n) is 18.2. The van der Waals surface area contributed by atoms with Gasteiger partial charge in [0.1, 0.15) is 18.3 Å². The van der Waals surface area contributed by atoms with Crippen LogP contribution in [0.1, 0.15) is 82.9 Å². The van der Waals surface area contributed by atoms with Crippen molar-refractivity contribution in [3.63, 3.8) is 0 Å². The molecule has 1 aliphatic heterocycles. The minimum atomic E-state index is -1.58. The van der Waals surface area contributed by atoms with Crippen molar-refractivity contribution < 1.29 is 89.1 Å². The summed E-state index contributed by atoms with van der Waals surface area (Å²) >= 11 is 16.0. The summed E-state index contributed by atoms with van der Waals surface area (Å²) in [5.74, 6) is -7.86. The Bertz CT molecular complexity index is 2750. The highest BCUT2D eigenvalue weighted by molar-refractivity contribution is 14.1. The van der Waals surface area contributed by atoms with Gasteiger partial charge < -0.3 is 92.6 Å². The number of aliphatic hydroxyl groups is 9. The molecule has 462 valence electrons. The summed E-state index contributed by atoms with van der Waals surface area (Å²) in [7, 11) is 0. The van der Waals surface area contributed by atoms with Crippen LogP contribution in [0, 0.1) is 32.1 Å². The second-order valence-corrected chi connectivity index (χ2v) is 27.9. The number of aliphatic hydroxyl groups excluding tert-OH is 9. The van der Waals surface area contributed by atoms with E-state index in [-0.39, 0.29) is 122 Å². The fourth-order valence-electron chi connectivity index (χ4n) is 7.53. The van der Waals surface area contributed by atoms with E-state index in [0.717, 1.165) is 0 Å². The van der Waals surface area contributed by atoms with Gasteiger partial charge in [-0.25, -0.2) is 0 Å². The highest BCUT2D eigenvalue weighted by Gasteiger charge is 2.38. The van der Waals surface area contributed by atoms with Crippen LogP contribution in [-0.2, 0) is 14.4 Å². The van der Waals surface area contributed by atoms with Crippen LogP contribution >= 0.6 is 203 Å². The number of hydrogen-bond acceptors (Lipinski definition) is 18. The van der Waals surface area contributed by atoms with Gasteiger partial charge in [-0.1, -0.05) is 0 Å². The van der Waals surface area contributed by atoms with Crippen molar-refractivity contribution in [3.05, 3.63) is 65.5 Å². The van der Waals surface area contributed by atoms with Crippen LogP contribution in [0.2, 0.25) is 0 Å². The van der Waals surface area contributed by atoms with E-state index in [1.54, 1.807) is 203 Å². The Kier molecular flexibility index (Phi) is 31.0. The molecule has 1 aliphatic rings. The molecular weight excluding hydrogens is 2130 g/mol. The number of amides is 9. The first-order valence-electron chi connectivity index (χ1n) is 24.4. The van der Waals surface area contributed by atoms with Gasteiger partial charge in [-0.2, -0.15) is 0 Å². The van der Waals surface area contributed by atoms with Crippen molar-refractivity contribution in [1.29, 1.82) is 0 Å². The summed E-state index contributed by atoms with van der Waals surface area (Å²) in [6.07, 6.45) is -4.73. The monoisotopic (exact) mass is 2190 g/mol. The number of nitrogens with zero attached hydrogens (tertiary/aromatic N) is 3. The Balaban J connectivity index is 2.11. The summed E-state index contributed by atoms with van der Waals surface area (Å²) < 4.78 is 0.583. The quantitative estimate of drug-likeness (QED) is 0.0663. The number of anilines is 3. The number of rotatable bonds is 21. The molecule has 3 aromatic carbocycles.